The van der Waals surface area contributed by atoms with Gasteiger partial charge in [-0.25, -0.2) is 9.67 Å². The fourth-order valence-corrected chi connectivity index (χ4v) is 5.76. The van der Waals surface area contributed by atoms with Gasteiger partial charge in [0.1, 0.15) is 5.69 Å². The van der Waals surface area contributed by atoms with Crippen LogP contribution in [0.15, 0.2) is 40.5 Å². The molecule has 0 aliphatic carbocycles. The monoisotopic (exact) mass is 504 g/mol. The summed E-state index contributed by atoms with van der Waals surface area (Å²) < 4.78 is 3.41. The van der Waals surface area contributed by atoms with E-state index in [0.717, 1.165) is 31.0 Å². The molecule has 1 aromatic carbocycles. The number of likely N-dealkylation sites (tertiary alicyclic amines) is 1. The van der Waals surface area contributed by atoms with Crippen molar-refractivity contribution in [3.63, 3.8) is 0 Å². The van der Waals surface area contributed by atoms with Crippen molar-refractivity contribution in [3.05, 3.63) is 68.7 Å². The molecular formula is C27H32N6O2S. The molecule has 36 heavy (non-hydrogen) atoms. The number of benzene rings is 1. The summed E-state index contributed by atoms with van der Waals surface area (Å²) in [5.74, 6) is -0.0831. The summed E-state index contributed by atoms with van der Waals surface area (Å²) in [6, 6.07) is 10.0. The Balaban J connectivity index is 1.39. The minimum atomic E-state index is -0.191. The number of nitrogens with zero attached hydrogens (tertiary/aromatic N) is 5. The molecule has 1 amide bonds. The largest absolute Gasteiger partial charge is 0.354 e. The number of hydrogen-bond acceptors (Lipinski definition) is 6. The van der Waals surface area contributed by atoms with Crippen LogP contribution in [0.1, 0.15) is 41.9 Å². The second-order valence-corrected chi connectivity index (χ2v) is 10.4. The third kappa shape index (κ3) is 4.99. The average Bonchev–Trinajstić information content (AvgIpc) is 3.43. The molecule has 0 spiro atoms. The van der Waals surface area contributed by atoms with E-state index >= 15 is 0 Å². The Morgan fingerprint density at radius 2 is 1.83 bits per heavy atom. The lowest BCUT2D eigenvalue weighted by Gasteiger charge is -2.26. The summed E-state index contributed by atoms with van der Waals surface area (Å²) in [4.78, 5) is 34.0. The number of fused-ring (bicyclic) bond motifs is 1. The second-order valence-electron chi connectivity index (χ2n) is 9.57. The lowest BCUT2D eigenvalue weighted by atomic mass is 10.1. The number of thiazole rings is 1. The van der Waals surface area contributed by atoms with Crippen LogP contribution in [-0.4, -0.2) is 56.2 Å². The van der Waals surface area contributed by atoms with Crippen molar-refractivity contribution >= 4 is 22.2 Å². The predicted molar refractivity (Wildman–Crippen MR) is 143 cm³/mol. The minimum absolute atomic E-state index is 0.0831. The Morgan fingerprint density at radius 3 is 2.58 bits per heavy atom. The van der Waals surface area contributed by atoms with Crippen molar-refractivity contribution in [2.45, 2.75) is 46.5 Å². The summed E-state index contributed by atoms with van der Waals surface area (Å²) in [6.07, 6.45) is 3.90. The molecule has 0 unspecified atom stereocenters. The van der Waals surface area contributed by atoms with Crippen molar-refractivity contribution in [1.29, 1.82) is 0 Å². The number of carbonyl (C=O) groups is 1. The van der Waals surface area contributed by atoms with Gasteiger partial charge in [-0.2, -0.15) is 5.10 Å². The van der Waals surface area contributed by atoms with Crippen LogP contribution in [0.2, 0.25) is 0 Å². The molecule has 0 radical (unpaired) electrons. The molecule has 1 aliphatic rings. The highest BCUT2D eigenvalue weighted by molar-refractivity contribution is 7.15. The molecule has 1 fully saturated rings. The number of piperidine rings is 1. The van der Waals surface area contributed by atoms with Crippen molar-refractivity contribution < 1.29 is 4.79 Å². The van der Waals surface area contributed by atoms with Gasteiger partial charge in [0.15, 0.2) is 4.96 Å². The molecule has 4 aromatic rings. The fraction of sp³-hybridized carbons (Fsp3) is 0.407. The Kier molecular flexibility index (Phi) is 7.02. The average molecular weight is 505 g/mol. The summed E-state index contributed by atoms with van der Waals surface area (Å²) in [6.45, 7) is 9.55. The molecule has 4 heterocycles. The van der Waals surface area contributed by atoms with E-state index in [4.69, 9.17) is 5.10 Å². The van der Waals surface area contributed by atoms with Gasteiger partial charge in [-0.1, -0.05) is 24.1 Å². The molecule has 0 saturated carbocycles. The predicted octanol–water partition coefficient (Wildman–Crippen LogP) is 3.68. The SMILES string of the molecule is Cc1ccc(-n2nc(-c3c(C)nc4scc(CC(=O)NCCN5CCCCC5)n4c3=O)cc2C)cc1. The van der Waals surface area contributed by atoms with E-state index in [2.05, 4.69) is 15.2 Å². The van der Waals surface area contributed by atoms with E-state index < -0.39 is 0 Å². The highest BCUT2D eigenvalue weighted by atomic mass is 32.1. The van der Waals surface area contributed by atoms with Crippen LogP contribution < -0.4 is 10.9 Å². The number of nitrogens with one attached hydrogen (secondary N) is 1. The van der Waals surface area contributed by atoms with Gasteiger partial charge in [0.2, 0.25) is 5.91 Å². The van der Waals surface area contributed by atoms with Crippen LogP contribution in [0.5, 0.6) is 0 Å². The van der Waals surface area contributed by atoms with Crippen molar-refractivity contribution in [2.24, 2.45) is 0 Å². The van der Waals surface area contributed by atoms with E-state index in [1.165, 1.54) is 36.2 Å². The van der Waals surface area contributed by atoms with Crippen LogP contribution >= 0.6 is 11.3 Å². The molecular weight excluding hydrogens is 472 g/mol. The zero-order valence-corrected chi connectivity index (χ0v) is 21.9. The molecule has 3 aromatic heterocycles. The van der Waals surface area contributed by atoms with E-state index in [0.29, 0.717) is 34.2 Å². The zero-order chi connectivity index (χ0) is 25.2. The zero-order valence-electron chi connectivity index (χ0n) is 21.1. The van der Waals surface area contributed by atoms with Crippen molar-refractivity contribution in [1.82, 2.24) is 29.4 Å². The number of aromatic nitrogens is 4. The highest BCUT2D eigenvalue weighted by Crippen LogP contribution is 2.23. The van der Waals surface area contributed by atoms with Crippen molar-refractivity contribution in [2.75, 3.05) is 26.2 Å². The van der Waals surface area contributed by atoms with Gasteiger partial charge in [0.05, 0.1) is 23.4 Å². The van der Waals surface area contributed by atoms with E-state index in [1.54, 1.807) is 4.40 Å². The normalized spacial score (nSPS) is 14.4. The van der Waals surface area contributed by atoms with Crippen molar-refractivity contribution in [3.8, 4) is 16.9 Å². The molecule has 0 atom stereocenters. The van der Waals surface area contributed by atoms with Crippen LogP contribution in [-0.2, 0) is 11.2 Å². The number of aryl methyl sites for hydroxylation is 3. The van der Waals surface area contributed by atoms with Gasteiger partial charge in [0.25, 0.3) is 5.56 Å². The maximum Gasteiger partial charge on any atom is 0.268 e. The third-order valence-corrected chi connectivity index (χ3v) is 7.66. The molecule has 1 N–H and O–H groups in total. The second kappa shape index (κ2) is 10.4. The fourth-order valence-electron chi connectivity index (χ4n) is 4.83. The van der Waals surface area contributed by atoms with Gasteiger partial charge >= 0.3 is 0 Å². The molecule has 1 aliphatic heterocycles. The van der Waals surface area contributed by atoms with Gasteiger partial charge in [-0.3, -0.25) is 14.0 Å². The topological polar surface area (TPSA) is 84.5 Å². The van der Waals surface area contributed by atoms with E-state index in [1.807, 2.05) is 61.2 Å². The number of carbonyl (C=O) groups excluding carboxylic acids is 1. The standard InChI is InChI=1S/C27H32N6O2S/c1-18-7-9-21(10-8-18)33-19(2)15-23(30-33)25-20(3)29-27-32(26(25)35)22(17-36-27)16-24(34)28-11-14-31-12-5-4-6-13-31/h7-10,15,17H,4-6,11-14,16H2,1-3H3,(H,28,34). The maximum absolute atomic E-state index is 13.7. The summed E-state index contributed by atoms with van der Waals surface area (Å²) in [7, 11) is 0. The first kappa shape index (κ1) is 24.4. The third-order valence-electron chi connectivity index (χ3n) is 6.78. The van der Waals surface area contributed by atoms with Crippen LogP contribution in [0.25, 0.3) is 21.9 Å². The Morgan fingerprint density at radius 1 is 1.08 bits per heavy atom. The molecule has 0 bridgehead atoms. The molecule has 9 heteroatoms. The Bertz CT molecular complexity index is 1440. The lowest BCUT2D eigenvalue weighted by molar-refractivity contribution is -0.120. The summed E-state index contributed by atoms with van der Waals surface area (Å²) in [5.41, 5.74) is 5.18. The first-order valence-corrected chi connectivity index (χ1v) is 13.4. The van der Waals surface area contributed by atoms with Gasteiger partial charge < -0.3 is 10.2 Å². The highest BCUT2D eigenvalue weighted by Gasteiger charge is 2.20. The quantitative estimate of drug-likeness (QED) is 0.415. The van der Waals surface area contributed by atoms with Gasteiger partial charge in [-0.05, 0) is 64.9 Å². The van der Waals surface area contributed by atoms with E-state index in [9.17, 15) is 9.59 Å². The van der Waals surface area contributed by atoms with Crippen LogP contribution in [0.3, 0.4) is 0 Å². The number of hydrogen-bond donors (Lipinski definition) is 1. The molecule has 188 valence electrons. The molecule has 8 nitrogen and oxygen atoms in total. The van der Waals surface area contributed by atoms with E-state index in [-0.39, 0.29) is 17.9 Å². The lowest BCUT2D eigenvalue weighted by Crippen LogP contribution is -2.38. The summed E-state index contributed by atoms with van der Waals surface area (Å²) >= 11 is 1.38. The Hall–Kier alpha value is -3.30. The van der Waals surface area contributed by atoms with Gasteiger partial charge in [0, 0.05) is 29.9 Å². The van der Waals surface area contributed by atoms with Crippen LogP contribution in [0, 0.1) is 20.8 Å². The molecule has 1 saturated heterocycles. The summed E-state index contributed by atoms with van der Waals surface area (Å²) in [5, 5.41) is 9.62. The van der Waals surface area contributed by atoms with Crippen LogP contribution in [0.4, 0.5) is 0 Å². The first-order chi connectivity index (χ1) is 17.4. The first-order valence-electron chi connectivity index (χ1n) is 12.5. The minimum Gasteiger partial charge on any atom is -0.354 e. The van der Waals surface area contributed by atoms with Gasteiger partial charge in [-0.15, -0.1) is 11.3 Å². The molecule has 5 rings (SSSR count). The maximum atomic E-state index is 13.7. The number of rotatable bonds is 7. The number of amides is 1. The Labute approximate surface area is 214 Å². The smallest absolute Gasteiger partial charge is 0.268 e.